The predicted octanol–water partition coefficient (Wildman–Crippen LogP) is 2.21. The smallest absolute Gasteiger partial charge is 0.227 e. The molecule has 0 N–H and O–H groups in total. The minimum absolute atomic E-state index is 0.168. The molecule has 0 radical (unpaired) electrons. The second kappa shape index (κ2) is 5.78. The van der Waals surface area contributed by atoms with Crippen molar-refractivity contribution < 1.29 is 14.3 Å². The Labute approximate surface area is 126 Å². The number of nitrogens with zero attached hydrogens (tertiary/aromatic N) is 1. The first-order chi connectivity index (χ1) is 10.1. The summed E-state index contributed by atoms with van der Waals surface area (Å²) in [5, 5.41) is 0. The largest absolute Gasteiger partial charge is 0.346 e. The van der Waals surface area contributed by atoms with Crippen molar-refractivity contribution >= 4 is 5.91 Å². The maximum absolute atomic E-state index is 12.6. The summed E-state index contributed by atoms with van der Waals surface area (Å²) < 4.78 is 11.5. The van der Waals surface area contributed by atoms with Gasteiger partial charge in [0.1, 0.15) is 0 Å². The molecule has 114 valence electrons. The SMILES string of the molecule is Cc1ccc(C)c(CC(=O)N2CCCC3(C2)OCCO3)c1. The molecule has 2 saturated heterocycles. The van der Waals surface area contributed by atoms with Crippen molar-refractivity contribution in [3.05, 3.63) is 34.9 Å². The maximum Gasteiger partial charge on any atom is 0.227 e. The van der Waals surface area contributed by atoms with Crippen LogP contribution >= 0.6 is 0 Å². The Morgan fingerprint density at radius 3 is 2.81 bits per heavy atom. The highest BCUT2D eigenvalue weighted by Crippen LogP contribution is 2.30. The van der Waals surface area contributed by atoms with Gasteiger partial charge in [0.2, 0.25) is 5.91 Å². The normalized spacial score (nSPS) is 21.0. The van der Waals surface area contributed by atoms with Crippen LogP contribution in [0.15, 0.2) is 18.2 Å². The van der Waals surface area contributed by atoms with Gasteiger partial charge in [-0.05, 0) is 31.4 Å². The third-order valence-electron chi connectivity index (χ3n) is 4.43. The summed E-state index contributed by atoms with van der Waals surface area (Å²) >= 11 is 0. The molecule has 0 saturated carbocycles. The number of piperidine rings is 1. The van der Waals surface area contributed by atoms with Gasteiger partial charge in [-0.25, -0.2) is 0 Å². The van der Waals surface area contributed by atoms with E-state index in [4.69, 9.17) is 9.47 Å². The van der Waals surface area contributed by atoms with Crippen LogP contribution in [0.5, 0.6) is 0 Å². The number of ether oxygens (including phenoxy) is 2. The Morgan fingerprint density at radius 2 is 2.05 bits per heavy atom. The molecule has 1 spiro atoms. The molecule has 1 amide bonds. The molecule has 1 aromatic carbocycles. The number of benzene rings is 1. The van der Waals surface area contributed by atoms with E-state index < -0.39 is 5.79 Å². The van der Waals surface area contributed by atoms with Gasteiger partial charge in [0.25, 0.3) is 0 Å². The number of hydrogen-bond acceptors (Lipinski definition) is 3. The lowest BCUT2D eigenvalue weighted by atomic mass is 10.00. The fraction of sp³-hybridized carbons (Fsp3) is 0.588. The molecule has 2 heterocycles. The number of amides is 1. The fourth-order valence-corrected chi connectivity index (χ4v) is 3.20. The highest BCUT2D eigenvalue weighted by Gasteiger charge is 2.41. The van der Waals surface area contributed by atoms with Gasteiger partial charge in [0.15, 0.2) is 5.79 Å². The van der Waals surface area contributed by atoms with E-state index in [1.807, 2.05) is 4.90 Å². The second-order valence-electron chi connectivity index (χ2n) is 6.13. The molecule has 4 nitrogen and oxygen atoms in total. The number of carbonyl (C=O) groups excluding carboxylic acids is 1. The van der Waals surface area contributed by atoms with E-state index in [1.165, 1.54) is 11.1 Å². The molecular weight excluding hydrogens is 266 g/mol. The van der Waals surface area contributed by atoms with Crippen molar-refractivity contribution in [3.63, 3.8) is 0 Å². The van der Waals surface area contributed by atoms with Crippen molar-refractivity contribution in [1.29, 1.82) is 0 Å². The molecular formula is C17H23NO3. The summed E-state index contributed by atoms with van der Waals surface area (Å²) in [5.74, 6) is -0.364. The zero-order valence-corrected chi connectivity index (χ0v) is 12.9. The summed E-state index contributed by atoms with van der Waals surface area (Å²) in [5.41, 5.74) is 3.49. The quantitative estimate of drug-likeness (QED) is 0.838. The van der Waals surface area contributed by atoms with Gasteiger partial charge >= 0.3 is 0 Å². The maximum atomic E-state index is 12.6. The summed E-state index contributed by atoms with van der Waals surface area (Å²) in [6.45, 7) is 6.76. The minimum atomic E-state index is -0.532. The molecule has 2 aliphatic rings. The standard InChI is InChI=1S/C17H23NO3/c1-13-4-5-14(2)15(10-13)11-16(19)18-7-3-6-17(12-18)20-8-9-21-17/h4-5,10H,3,6-9,11-12H2,1-2H3. The van der Waals surface area contributed by atoms with Crippen LogP contribution in [0.25, 0.3) is 0 Å². The molecule has 0 bridgehead atoms. The Bertz CT molecular complexity index is 535. The Kier molecular flexibility index (Phi) is 4.00. The van der Waals surface area contributed by atoms with E-state index in [9.17, 15) is 4.79 Å². The lowest BCUT2D eigenvalue weighted by Crippen LogP contribution is -2.51. The summed E-state index contributed by atoms with van der Waals surface area (Å²) in [6.07, 6.45) is 2.29. The first-order valence-electron chi connectivity index (χ1n) is 7.70. The third kappa shape index (κ3) is 3.11. The monoisotopic (exact) mass is 289 g/mol. The number of carbonyl (C=O) groups is 1. The van der Waals surface area contributed by atoms with E-state index in [0.29, 0.717) is 26.2 Å². The average Bonchev–Trinajstić information content (AvgIpc) is 2.91. The van der Waals surface area contributed by atoms with Gasteiger partial charge in [0, 0.05) is 13.0 Å². The number of hydrogen-bond donors (Lipinski definition) is 0. The van der Waals surface area contributed by atoms with E-state index in [-0.39, 0.29) is 5.91 Å². The van der Waals surface area contributed by atoms with E-state index >= 15 is 0 Å². The number of rotatable bonds is 2. The minimum Gasteiger partial charge on any atom is -0.346 e. The highest BCUT2D eigenvalue weighted by molar-refractivity contribution is 5.79. The van der Waals surface area contributed by atoms with E-state index in [0.717, 1.165) is 24.9 Å². The highest BCUT2D eigenvalue weighted by atomic mass is 16.7. The van der Waals surface area contributed by atoms with Crippen LogP contribution < -0.4 is 0 Å². The molecule has 21 heavy (non-hydrogen) atoms. The van der Waals surface area contributed by atoms with Crippen molar-refractivity contribution in [2.75, 3.05) is 26.3 Å². The van der Waals surface area contributed by atoms with E-state index in [2.05, 4.69) is 32.0 Å². The lowest BCUT2D eigenvalue weighted by molar-refractivity contribution is -0.192. The van der Waals surface area contributed by atoms with Gasteiger partial charge in [-0.1, -0.05) is 23.8 Å². The summed E-state index contributed by atoms with van der Waals surface area (Å²) in [4.78, 5) is 14.5. The zero-order valence-electron chi connectivity index (χ0n) is 12.9. The lowest BCUT2D eigenvalue weighted by Gasteiger charge is -2.38. The van der Waals surface area contributed by atoms with Crippen molar-refractivity contribution in [1.82, 2.24) is 4.90 Å². The fourth-order valence-electron chi connectivity index (χ4n) is 3.20. The van der Waals surface area contributed by atoms with Crippen LogP contribution in [0, 0.1) is 13.8 Å². The van der Waals surface area contributed by atoms with Crippen LogP contribution in [0.2, 0.25) is 0 Å². The predicted molar refractivity (Wildman–Crippen MR) is 80.1 cm³/mol. The molecule has 0 aliphatic carbocycles. The first-order valence-corrected chi connectivity index (χ1v) is 7.70. The molecule has 0 aromatic heterocycles. The summed E-state index contributed by atoms with van der Waals surface area (Å²) in [7, 11) is 0. The first kappa shape index (κ1) is 14.5. The van der Waals surface area contributed by atoms with Crippen LogP contribution in [0.1, 0.15) is 29.5 Å². The van der Waals surface area contributed by atoms with Gasteiger partial charge in [-0.2, -0.15) is 0 Å². The van der Waals surface area contributed by atoms with Crippen LogP contribution in [-0.4, -0.2) is 42.9 Å². The van der Waals surface area contributed by atoms with E-state index in [1.54, 1.807) is 0 Å². The summed E-state index contributed by atoms with van der Waals surface area (Å²) in [6, 6.07) is 6.27. The van der Waals surface area contributed by atoms with Crippen LogP contribution in [-0.2, 0) is 20.7 Å². The zero-order chi connectivity index (χ0) is 14.9. The van der Waals surface area contributed by atoms with Crippen molar-refractivity contribution in [2.24, 2.45) is 0 Å². The Balaban J connectivity index is 1.68. The molecule has 2 fully saturated rings. The number of likely N-dealkylation sites (tertiary alicyclic amines) is 1. The van der Waals surface area contributed by atoms with Gasteiger partial charge < -0.3 is 14.4 Å². The number of aryl methyl sites for hydroxylation is 2. The van der Waals surface area contributed by atoms with Gasteiger partial charge in [-0.3, -0.25) is 4.79 Å². The molecule has 3 rings (SSSR count). The molecule has 2 aliphatic heterocycles. The van der Waals surface area contributed by atoms with Crippen molar-refractivity contribution in [2.45, 2.75) is 38.9 Å². The molecule has 0 unspecified atom stereocenters. The van der Waals surface area contributed by atoms with Crippen molar-refractivity contribution in [3.8, 4) is 0 Å². The second-order valence-corrected chi connectivity index (χ2v) is 6.13. The van der Waals surface area contributed by atoms with Crippen LogP contribution in [0.3, 0.4) is 0 Å². The molecule has 1 aromatic rings. The third-order valence-corrected chi connectivity index (χ3v) is 4.43. The van der Waals surface area contributed by atoms with Gasteiger partial charge in [-0.15, -0.1) is 0 Å². The van der Waals surface area contributed by atoms with Crippen LogP contribution in [0.4, 0.5) is 0 Å². The topological polar surface area (TPSA) is 38.8 Å². The average molecular weight is 289 g/mol. The molecule has 4 heteroatoms. The molecule has 0 atom stereocenters. The Hall–Kier alpha value is -1.39. The van der Waals surface area contributed by atoms with Gasteiger partial charge in [0.05, 0.1) is 26.2 Å². The Morgan fingerprint density at radius 1 is 1.29 bits per heavy atom.